The van der Waals surface area contributed by atoms with Crippen LogP contribution in [0.4, 0.5) is 24.5 Å². The predicted molar refractivity (Wildman–Crippen MR) is 123 cm³/mol. The number of carbonyl (C=O) groups excluding carboxylic acids is 2. The molecule has 0 spiro atoms. The van der Waals surface area contributed by atoms with Gasteiger partial charge in [0.1, 0.15) is 17.1 Å². The van der Waals surface area contributed by atoms with Crippen LogP contribution in [0.15, 0.2) is 66.9 Å². The standard InChI is InChI=1S/C24H16F3N3O6/c25-24(26,27)36-15-6-2-5-14(8-15)30-22(33)21(32)29-13-4-1-3-12(7-13)18-11-28-19-10-20(31)17(23(34)35)9-16(18)19/h1-11,28,31H,(H,29,32)(H,30,33)(H,34,35). The van der Waals surface area contributed by atoms with Gasteiger partial charge in [-0.2, -0.15) is 0 Å². The monoisotopic (exact) mass is 499 g/mol. The molecule has 2 amide bonds. The van der Waals surface area contributed by atoms with E-state index in [1.54, 1.807) is 24.4 Å². The van der Waals surface area contributed by atoms with Crippen molar-refractivity contribution in [2.24, 2.45) is 0 Å². The summed E-state index contributed by atoms with van der Waals surface area (Å²) in [6.07, 6.45) is -3.31. The number of nitrogens with one attached hydrogen (secondary N) is 3. The number of anilines is 2. The molecule has 1 heterocycles. The summed E-state index contributed by atoms with van der Waals surface area (Å²) in [6.45, 7) is 0. The molecule has 0 radical (unpaired) electrons. The number of carboxylic acid groups (broad SMARTS) is 1. The fraction of sp³-hybridized carbons (Fsp3) is 0.0417. The number of aromatic amines is 1. The summed E-state index contributed by atoms with van der Waals surface area (Å²) in [5, 5.41) is 24.3. The average molecular weight is 499 g/mol. The predicted octanol–water partition coefficient (Wildman–Crippen LogP) is 4.71. The van der Waals surface area contributed by atoms with Crippen LogP contribution in [0.3, 0.4) is 0 Å². The Morgan fingerprint density at radius 2 is 1.53 bits per heavy atom. The van der Waals surface area contributed by atoms with Crippen molar-refractivity contribution >= 4 is 40.1 Å². The van der Waals surface area contributed by atoms with Crippen LogP contribution >= 0.6 is 0 Å². The topological polar surface area (TPSA) is 141 Å². The van der Waals surface area contributed by atoms with Crippen LogP contribution in [0.25, 0.3) is 22.0 Å². The first-order chi connectivity index (χ1) is 17.0. The minimum absolute atomic E-state index is 0.0815. The molecular formula is C24H16F3N3O6. The van der Waals surface area contributed by atoms with E-state index in [1.165, 1.54) is 30.3 Å². The second kappa shape index (κ2) is 9.33. The number of carbonyl (C=O) groups is 3. The number of aromatic hydroxyl groups is 1. The first-order valence-corrected chi connectivity index (χ1v) is 10.2. The summed E-state index contributed by atoms with van der Waals surface area (Å²) in [4.78, 5) is 38.9. The van der Waals surface area contributed by atoms with Crippen molar-refractivity contribution in [1.29, 1.82) is 0 Å². The van der Waals surface area contributed by atoms with E-state index in [1.807, 2.05) is 0 Å². The lowest BCUT2D eigenvalue weighted by molar-refractivity contribution is -0.274. The average Bonchev–Trinajstić information content (AvgIpc) is 3.20. The van der Waals surface area contributed by atoms with Crippen LogP contribution in [0.2, 0.25) is 0 Å². The Morgan fingerprint density at radius 1 is 0.889 bits per heavy atom. The number of H-pyrrole nitrogens is 1. The highest BCUT2D eigenvalue weighted by Gasteiger charge is 2.31. The van der Waals surface area contributed by atoms with Gasteiger partial charge in [-0.05, 0) is 35.9 Å². The van der Waals surface area contributed by atoms with Crippen molar-refractivity contribution in [3.63, 3.8) is 0 Å². The molecule has 0 atom stereocenters. The molecule has 0 unspecified atom stereocenters. The lowest BCUT2D eigenvalue weighted by atomic mass is 10.0. The zero-order valence-corrected chi connectivity index (χ0v) is 18.0. The van der Waals surface area contributed by atoms with Gasteiger partial charge in [-0.3, -0.25) is 9.59 Å². The summed E-state index contributed by atoms with van der Waals surface area (Å²) in [5.74, 6) is -4.47. The Kier molecular flexibility index (Phi) is 6.26. The number of ether oxygens (including phenoxy) is 1. The SMILES string of the molecule is O=C(Nc1cccc(OC(F)(F)F)c1)C(=O)Nc1cccc(-c2c[nH]c3cc(O)c(C(=O)O)cc23)c1. The van der Waals surface area contributed by atoms with Crippen LogP contribution in [-0.2, 0) is 9.59 Å². The smallest absolute Gasteiger partial charge is 0.507 e. The number of rotatable bonds is 5. The molecule has 9 nitrogen and oxygen atoms in total. The molecule has 0 bridgehead atoms. The zero-order chi connectivity index (χ0) is 26.0. The molecular weight excluding hydrogens is 483 g/mol. The largest absolute Gasteiger partial charge is 0.573 e. The van der Waals surface area contributed by atoms with Crippen molar-refractivity contribution in [2.45, 2.75) is 6.36 Å². The summed E-state index contributed by atoms with van der Waals surface area (Å²) in [5.41, 5.74) is 1.50. The number of halogens is 3. The highest BCUT2D eigenvalue weighted by atomic mass is 19.4. The summed E-state index contributed by atoms with van der Waals surface area (Å²) >= 11 is 0. The molecule has 1 aromatic heterocycles. The zero-order valence-electron chi connectivity index (χ0n) is 18.0. The molecule has 4 rings (SSSR count). The van der Waals surface area contributed by atoms with Gasteiger partial charge in [-0.15, -0.1) is 13.2 Å². The fourth-order valence-electron chi connectivity index (χ4n) is 3.48. The van der Waals surface area contributed by atoms with E-state index in [2.05, 4.69) is 20.4 Å². The molecule has 0 aliphatic rings. The first kappa shape index (κ1) is 24.1. The molecule has 3 aromatic carbocycles. The molecule has 4 aromatic rings. The van der Waals surface area contributed by atoms with E-state index in [0.717, 1.165) is 12.1 Å². The maximum Gasteiger partial charge on any atom is 0.573 e. The van der Waals surface area contributed by atoms with Crippen LogP contribution in [0, 0.1) is 0 Å². The number of aromatic nitrogens is 1. The van der Waals surface area contributed by atoms with Gasteiger partial charge in [0.05, 0.1) is 0 Å². The molecule has 0 saturated heterocycles. The third-order valence-corrected chi connectivity index (χ3v) is 4.99. The van der Waals surface area contributed by atoms with Gasteiger partial charge in [0.2, 0.25) is 0 Å². The third kappa shape index (κ3) is 5.38. The molecule has 184 valence electrons. The van der Waals surface area contributed by atoms with E-state index < -0.39 is 35.6 Å². The molecule has 0 fully saturated rings. The summed E-state index contributed by atoms with van der Waals surface area (Å²) in [7, 11) is 0. The minimum atomic E-state index is -4.91. The Morgan fingerprint density at radius 3 is 2.17 bits per heavy atom. The fourth-order valence-corrected chi connectivity index (χ4v) is 3.48. The number of alkyl halides is 3. The Balaban J connectivity index is 1.51. The van der Waals surface area contributed by atoms with E-state index in [0.29, 0.717) is 22.0 Å². The second-order valence-corrected chi connectivity index (χ2v) is 7.49. The number of carboxylic acids is 1. The van der Waals surface area contributed by atoms with E-state index in [9.17, 15) is 37.8 Å². The lowest BCUT2D eigenvalue weighted by Gasteiger charge is -2.11. The number of benzene rings is 3. The van der Waals surface area contributed by atoms with Gasteiger partial charge in [0.25, 0.3) is 0 Å². The van der Waals surface area contributed by atoms with Crippen molar-refractivity contribution in [1.82, 2.24) is 4.98 Å². The number of hydrogen-bond acceptors (Lipinski definition) is 5. The number of aromatic carboxylic acids is 1. The molecule has 12 heteroatoms. The summed E-state index contributed by atoms with van der Waals surface area (Å²) in [6, 6.07) is 13.4. The quantitative estimate of drug-likeness (QED) is 0.252. The minimum Gasteiger partial charge on any atom is -0.507 e. The van der Waals surface area contributed by atoms with E-state index in [4.69, 9.17) is 0 Å². The number of fused-ring (bicyclic) bond motifs is 1. The van der Waals surface area contributed by atoms with Crippen molar-refractivity contribution in [2.75, 3.05) is 10.6 Å². The normalized spacial score (nSPS) is 11.2. The highest BCUT2D eigenvalue weighted by Crippen LogP contribution is 2.34. The van der Waals surface area contributed by atoms with E-state index in [-0.39, 0.29) is 16.9 Å². The van der Waals surface area contributed by atoms with E-state index >= 15 is 0 Å². The number of amides is 2. The maximum atomic E-state index is 12.4. The van der Waals surface area contributed by atoms with Crippen LogP contribution < -0.4 is 15.4 Å². The maximum absolute atomic E-state index is 12.4. The van der Waals surface area contributed by atoms with Crippen molar-refractivity contribution in [3.05, 3.63) is 72.4 Å². The molecule has 36 heavy (non-hydrogen) atoms. The number of hydrogen-bond donors (Lipinski definition) is 5. The van der Waals surface area contributed by atoms with Gasteiger partial charge in [-0.25, -0.2) is 4.79 Å². The third-order valence-electron chi connectivity index (χ3n) is 4.99. The first-order valence-electron chi connectivity index (χ1n) is 10.2. The van der Waals surface area contributed by atoms with Crippen molar-refractivity contribution < 1.29 is 42.5 Å². The van der Waals surface area contributed by atoms with Crippen molar-refractivity contribution in [3.8, 4) is 22.6 Å². The highest BCUT2D eigenvalue weighted by molar-refractivity contribution is 6.43. The molecule has 0 saturated carbocycles. The van der Waals surface area contributed by atoms with Crippen LogP contribution in [-0.4, -0.2) is 39.3 Å². The Hall–Kier alpha value is -5.00. The Labute approximate surface area is 200 Å². The van der Waals surface area contributed by atoms with Gasteiger partial charge >= 0.3 is 24.1 Å². The second-order valence-electron chi connectivity index (χ2n) is 7.49. The van der Waals surface area contributed by atoms with Crippen LogP contribution in [0.1, 0.15) is 10.4 Å². The molecule has 0 aliphatic heterocycles. The van der Waals surface area contributed by atoms with Gasteiger partial charge < -0.3 is 30.6 Å². The summed E-state index contributed by atoms with van der Waals surface area (Å²) < 4.78 is 40.9. The Bertz CT molecular complexity index is 1500. The molecule has 5 N–H and O–H groups in total. The molecule has 0 aliphatic carbocycles. The van der Waals surface area contributed by atoms with Gasteiger partial charge in [-0.1, -0.05) is 18.2 Å². The van der Waals surface area contributed by atoms with Gasteiger partial charge in [0.15, 0.2) is 0 Å². The van der Waals surface area contributed by atoms with Crippen LogP contribution in [0.5, 0.6) is 11.5 Å². The number of phenols is 1. The van der Waals surface area contributed by atoms with Gasteiger partial charge in [0, 0.05) is 46.2 Å². The lowest BCUT2D eigenvalue weighted by Crippen LogP contribution is -2.29.